The molecule has 0 amide bonds. The monoisotopic (exact) mass is 176 g/mol. The molecular formula is C9H12N4. The third-order valence-electron chi connectivity index (χ3n) is 2.54. The fraction of sp³-hybridized carbons (Fsp3) is 0.556. The number of nitriles is 1. The van der Waals surface area contributed by atoms with E-state index in [4.69, 9.17) is 5.26 Å². The molecule has 0 saturated heterocycles. The Morgan fingerprint density at radius 1 is 1.46 bits per heavy atom. The van der Waals surface area contributed by atoms with Gasteiger partial charge in [-0.1, -0.05) is 0 Å². The molecule has 0 aromatic carbocycles. The Morgan fingerprint density at radius 2 is 2.23 bits per heavy atom. The van der Waals surface area contributed by atoms with E-state index < -0.39 is 0 Å². The fourth-order valence-electron chi connectivity index (χ4n) is 1.82. The summed E-state index contributed by atoms with van der Waals surface area (Å²) in [6, 6.07) is 2.14. The van der Waals surface area contributed by atoms with Gasteiger partial charge in [0.1, 0.15) is 6.07 Å². The molecule has 2 rings (SSSR count). The first-order chi connectivity index (χ1) is 6.22. The second-order valence-electron chi connectivity index (χ2n) is 3.50. The molecule has 0 fully saturated rings. The van der Waals surface area contributed by atoms with Crippen molar-refractivity contribution in [3.63, 3.8) is 0 Å². The van der Waals surface area contributed by atoms with Crippen LogP contribution in [0.15, 0.2) is 0 Å². The Hall–Kier alpha value is -1.34. The van der Waals surface area contributed by atoms with Crippen molar-refractivity contribution in [3.05, 3.63) is 17.0 Å². The molecule has 0 aliphatic carbocycles. The van der Waals surface area contributed by atoms with Crippen LogP contribution in [0.5, 0.6) is 0 Å². The molecule has 0 atom stereocenters. The summed E-state index contributed by atoms with van der Waals surface area (Å²) in [6.07, 6.45) is 0.997. The highest BCUT2D eigenvalue weighted by Crippen LogP contribution is 2.20. The van der Waals surface area contributed by atoms with E-state index in [1.807, 2.05) is 11.7 Å². The molecule has 1 aromatic rings. The van der Waals surface area contributed by atoms with Gasteiger partial charge in [0.05, 0.1) is 0 Å². The summed E-state index contributed by atoms with van der Waals surface area (Å²) in [6.45, 7) is 1.91. The lowest BCUT2D eigenvalue weighted by Crippen LogP contribution is -2.27. The average molecular weight is 176 g/mol. The van der Waals surface area contributed by atoms with E-state index in [0.29, 0.717) is 5.69 Å². The predicted molar refractivity (Wildman–Crippen MR) is 48.0 cm³/mol. The SMILES string of the molecule is CN1CCc2c(c(C#N)nn2C)C1. The maximum absolute atomic E-state index is 8.85. The molecule has 68 valence electrons. The van der Waals surface area contributed by atoms with Gasteiger partial charge in [-0.05, 0) is 7.05 Å². The van der Waals surface area contributed by atoms with E-state index in [1.54, 1.807) is 0 Å². The molecule has 13 heavy (non-hydrogen) atoms. The van der Waals surface area contributed by atoms with Gasteiger partial charge in [-0.15, -0.1) is 0 Å². The molecule has 0 unspecified atom stereocenters. The number of likely N-dealkylation sites (N-methyl/N-ethyl adjacent to an activating group) is 1. The van der Waals surface area contributed by atoms with E-state index >= 15 is 0 Å². The van der Waals surface area contributed by atoms with Gasteiger partial charge >= 0.3 is 0 Å². The maximum Gasteiger partial charge on any atom is 0.167 e. The summed E-state index contributed by atoms with van der Waals surface area (Å²) < 4.78 is 1.83. The second-order valence-corrected chi connectivity index (χ2v) is 3.50. The molecule has 0 radical (unpaired) electrons. The molecular weight excluding hydrogens is 164 g/mol. The van der Waals surface area contributed by atoms with Crippen LogP contribution in [0.4, 0.5) is 0 Å². The summed E-state index contributed by atoms with van der Waals surface area (Å²) in [5, 5.41) is 13.0. The molecule has 1 aromatic heterocycles. The smallest absolute Gasteiger partial charge is 0.167 e. The topological polar surface area (TPSA) is 44.9 Å². The van der Waals surface area contributed by atoms with Crippen LogP contribution in [0.2, 0.25) is 0 Å². The maximum atomic E-state index is 8.85. The van der Waals surface area contributed by atoms with Gasteiger partial charge in [0, 0.05) is 37.8 Å². The van der Waals surface area contributed by atoms with E-state index in [2.05, 4.69) is 23.1 Å². The van der Waals surface area contributed by atoms with Gasteiger partial charge in [-0.2, -0.15) is 10.4 Å². The number of hydrogen-bond acceptors (Lipinski definition) is 3. The van der Waals surface area contributed by atoms with Crippen molar-refractivity contribution >= 4 is 0 Å². The van der Waals surface area contributed by atoms with Crippen molar-refractivity contribution < 1.29 is 0 Å². The first-order valence-corrected chi connectivity index (χ1v) is 4.35. The Labute approximate surface area is 77.4 Å². The average Bonchev–Trinajstić information content (AvgIpc) is 2.42. The Morgan fingerprint density at radius 3 is 2.92 bits per heavy atom. The van der Waals surface area contributed by atoms with Crippen LogP contribution in [0.3, 0.4) is 0 Å². The van der Waals surface area contributed by atoms with Gasteiger partial charge < -0.3 is 4.90 Å². The van der Waals surface area contributed by atoms with E-state index in [1.165, 1.54) is 5.69 Å². The molecule has 0 spiro atoms. The Kier molecular flexibility index (Phi) is 1.82. The van der Waals surface area contributed by atoms with Gasteiger partial charge in [-0.25, -0.2) is 0 Å². The predicted octanol–water partition coefficient (Wildman–Crippen LogP) is 0.280. The number of fused-ring (bicyclic) bond motifs is 1. The molecule has 1 aliphatic rings. The van der Waals surface area contributed by atoms with E-state index in [-0.39, 0.29) is 0 Å². The minimum atomic E-state index is 0.587. The highest BCUT2D eigenvalue weighted by atomic mass is 15.3. The normalized spacial score (nSPS) is 16.7. The molecule has 0 bridgehead atoms. The third-order valence-corrected chi connectivity index (χ3v) is 2.54. The Bertz CT molecular complexity index is 372. The molecule has 0 saturated carbocycles. The summed E-state index contributed by atoms with van der Waals surface area (Å²) in [5.74, 6) is 0. The highest BCUT2D eigenvalue weighted by Gasteiger charge is 2.21. The van der Waals surface area contributed by atoms with Gasteiger partial charge in [0.25, 0.3) is 0 Å². The first-order valence-electron chi connectivity index (χ1n) is 4.35. The van der Waals surface area contributed by atoms with Crippen LogP contribution < -0.4 is 0 Å². The van der Waals surface area contributed by atoms with Crippen LogP contribution in [-0.2, 0) is 20.0 Å². The zero-order valence-electron chi connectivity index (χ0n) is 7.91. The first kappa shape index (κ1) is 8.27. The molecule has 4 heteroatoms. The minimum absolute atomic E-state index is 0.587. The zero-order chi connectivity index (χ0) is 9.42. The quantitative estimate of drug-likeness (QED) is 0.570. The lowest BCUT2D eigenvalue weighted by atomic mass is 10.1. The van der Waals surface area contributed by atoms with Crippen molar-refractivity contribution in [2.75, 3.05) is 13.6 Å². The third kappa shape index (κ3) is 1.21. The molecule has 1 aliphatic heterocycles. The number of aryl methyl sites for hydroxylation is 1. The summed E-state index contributed by atoms with van der Waals surface area (Å²) in [5.41, 5.74) is 2.91. The van der Waals surface area contributed by atoms with Gasteiger partial charge in [0.2, 0.25) is 0 Å². The zero-order valence-corrected chi connectivity index (χ0v) is 7.91. The highest BCUT2D eigenvalue weighted by molar-refractivity contribution is 5.36. The van der Waals surface area contributed by atoms with Crippen molar-refractivity contribution in [2.24, 2.45) is 7.05 Å². The van der Waals surface area contributed by atoms with Gasteiger partial charge in [-0.3, -0.25) is 4.68 Å². The van der Waals surface area contributed by atoms with Crippen LogP contribution in [-0.4, -0.2) is 28.3 Å². The molecule has 2 heterocycles. The molecule has 0 N–H and O–H groups in total. The lowest BCUT2D eigenvalue weighted by Gasteiger charge is -2.22. The number of hydrogen-bond donors (Lipinski definition) is 0. The van der Waals surface area contributed by atoms with Crippen LogP contribution in [0.1, 0.15) is 17.0 Å². The fourth-order valence-corrected chi connectivity index (χ4v) is 1.82. The summed E-state index contributed by atoms with van der Waals surface area (Å²) in [4.78, 5) is 2.21. The lowest BCUT2D eigenvalue weighted by molar-refractivity contribution is 0.308. The Balaban J connectivity index is 2.50. The molecule has 4 nitrogen and oxygen atoms in total. The summed E-state index contributed by atoms with van der Waals surface area (Å²) in [7, 11) is 3.97. The van der Waals surface area contributed by atoms with Crippen molar-refractivity contribution in [3.8, 4) is 6.07 Å². The van der Waals surface area contributed by atoms with Crippen LogP contribution >= 0.6 is 0 Å². The number of nitrogens with zero attached hydrogens (tertiary/aromatic N) is 4. The second kappa shape index (κ2) is 2.86. The summed E-state index contributed by atoms with van der Waals surface area (Å²) >= 11 is 0. The van der Waals surface area contributed by atoms with Crippen LogP contribution in [0, 0.1) is 11.3 Å². The number of aromatic nitrogens is 2. The van der Waals surface area contributed by atoms with Gasteiger partial charge in [0.15, 0.2) is 5.69 Å². The van der Waals surface area contributed by atoms with Crippen molar-refractivity contribution in [1.82, 2.24) is 14.7 Å². The van der Waals surface area contributed by atoms with Crippen molar-refractivity contribution in [1.29, 1.82) is 5.26 Å². The van der Waals surface area contributed by atoms with Crippen LogP contribution in [0.25, 0.3) is 0 Å². The standard InChI is InChI=1S/C9H12N4/c1-12-4-3-9-7(6-12)8(5-10)11-13(9)2/h3-4,6H2,1-2H3. The van der Waals surface area contributed by atoms with E-state index in [9.17, 15) is 0 Å². The van der Waals surface area contributed by atoms with E-state index in [0.717, 1.165) is 25.1 Å². The number of rotatable bonds is 0. The minimum Gasteiger partial charge on any atom is -0.302 e. The van der Waals surface area contributed by atoms with Crippen molar-refractivity contribution in [2.45, 2.75) is 13.0 Å². The largest absolute Gasteiger partial charge is 0.302 e.